The highest BCUT2D eigenvalue weighted by atomic mass is 35.5. The first-order chi connectivity index (χ1) is 9.25. The van der Waals surface area contributed by atoms with Gasteiger partial charge in [0.15, 0.2) is 0 Å². The molecule has 102 valence electrons. The highest BCUT2D eigenvalue weighted by molar-refractivity contribution is 6.20. The molecule has 0 radical (unpaired) electrons. The van der Waals surface area contributed by atoms with E-state index in [1.165, 1.54) is 0 Å². The Labute approximate surface area is 116 Å². The smallest absolute Gasteiger partial charge is 0.127 e. The summed E-state index contributed by atoms with van der Waals surface area (Å²) in [5, 5.41) is -0.156. The first kappa shape index (κ1) is 12.8. The number of rotatable bonds is 3. The molecule has 3 rings (SSSR count). The zero-order valence-corrected chi connectivity index (χ0v) is 11.5. The van der Waals surface area contributed by atoms with E-state index >= 15 is 0 Å². The summed E-state index contributed by atoms with van der Waals surface area (Å²) in [5.74, 6) is 0.846. The van der Waals surface area contributed by atoms with E-state index in [2.05, 4.69) is 14.5 Å². The van der Waals surface area contributed by atoms with Gasteiger partial charge in [0, 0.05) is 6.20 Å². The molecule has 0 amide bonds. The normalized spacial score (nSPS) is 21.7. The molecule has 2 atom stereocenters. The number of alkyl halides is 1. The summed E-state index contributed by atoms with van der Waals surface area (Å²) in [5.41, 5.74) is 1.90. The first-order valence-electron chi connectivity index (χ1n) is 6.39. The minimum atomic E-state index is -0.156. The van der Waals surface area contributed by atoms with Gasteiger partial charge in [-0.25, -0.2) is 4.98 Å². The van der Waals surface area contributed by atoms with Crippen molar-refractivity contribution in [3.05, 3.63) is 24.3 Å². The van der Waals surface area contributed by atoms with Gasteiger partial charge in [-0.2, -0.15) is 0 Å². The Balaban J connectivity index is 1.97. The second-order valence-corrected chi connectivity index (χ2v) is 5.28. The third-order valence-corrected chi connectivity index (χ3v) is 3.40. The third-order valence-electron chi connectivity index (χ3n) is 3.21. The van der Waals surface area contributed by atoms with Crippen LogP contribution in [0.4, 0.5) is 0 Å². The molecule has 1 aliphatic heterocycles. The van der Waals surface area contributed by atoms with Crippen LogP contribution in [-0.2, 0) is 16.0 Å². The average Bonchev–Trinajstić information content (AvgIpc) is 2.79. The molecule has 0 aromatic carbocycles. The van der Waals surface area contributed by atoms with E-state index in [0.717, 1.165) is 16.9 Å². The topological polar surface area (TPSA) is 49.2 Å². The lowest BCUT2D eigenvalue weighted by Crippen LogP contribution is -2.32. The lowest BCUT2D eigenvalue weighted by atomic mass is 10.3. The number of ether oxygens (including phenoxy) is 2. The van der Waals surface area contributed by atoms with Crippen LogP contribution in [-0.4, -0.2) is 40.5 Å². The molecule has 5 nitrogen and oxygen atoms in total. The van der Waals surface area contributed by atoms with E-state index in [-0.39, 0.29) is 11.5 Å². The fraction of sp³-hybridized carbons (Fsp3) is 0.538. The van der Waals surface area contributed by atoms with Crippen molar-refractivity contribution in [2.75, 3.05) is 19.8 Å². The molecule has 2 unspecified atom stereocenters. The SMILES string of the molecule is CC(Cl)c1nc2cnccc2n1CC1COCCO1. The Morgan fingerprint density at radius 3 is 3.16 bits per heavy atom. The van der Waals surface area contributed by atoms with Crippen molar-refractivity contribution in [2.45, 2.75) is 24.9 Å². The largest absolute Gasteiger partial charge is 0.376 e. The number of imidazole rings is 1. The standard InChI is InChI=1S/C13H16ClN3O2/c1-9(14)13-16-11-6-15-3-2-12(11)17(13)7-10-8-18-4-5-19-10/h2-3,6,9-10H,4-5,7-8H2,1H3. The molecule has 19 heavy (non-hydrogen) atoms. The highest BCUT2D eigenvalue weighted by Gasteiger charge is 2.20. The monoisotopic (exact) mass is 281 g/mol. The van der Waals surface area contributed by atoms with Crippen molar-refractivity contribution < 1.29 is 9.47 Å². The van der Waals surface area contributed by atoms with Crippen molar-refractivity contribution in [1.82, 2.24) is 14.5 Å². The van der Waals surface area contributed by atoms with Gasteiger partial charge >= 0.3 is 0 Å². The zero-order chi connectivity index (χ0) is 13.2. The van der Waals surface area contributed by atoms with E-state index < -0.39 is 0 Å². The molecule has 0 saturated carbocycles. The van der Waals surface area contributed by atoms with Gasteiger partial charge in [-0.1, -0.05) is 0 Å². The molecular weight excluding hydrogens is 266 g/mol. The molecule has 1 aliphatic rings. The fourth-order valence-corrected chi connectivity index (χ4v) is 2.51. The van der Waals surface area contributed by atoms with Gasteiger partial charge in [-0.15, -0.1) is 11.6 Å². The van der Waals surface area contributed by atoms with E-state index in [1.807, 2.05) is 13.0 Å². The van der Waals surface area contributed by atoms with Crippen LogP contribution in [0.25, 0.3) is 11.0 Å². The summed E-state index contributed by atoms with van der Waals surface area (Å²) in [6.07, 6.45) is 3.57. The van der Waals surface area contributed by atoms with Crippen LogP contribution in [0.2, 0.25) is 0 Å². The Morgan fingerprint density at radius 2 is 2.42 bits per heavy atom. The first-order valence-corrected chi connectivity index (χ1v) is 6.83. The maximum absolute atomic E-state index is 6.22. The molecule has 0 spiro atoms. The summed E-state index contributed by atoms with van der Waals surface area (Å²) in [4.78, 5) is 8.65. The van der Waals surface area contributed by atoms with Crippen molar-refractivity contribution in [3.63, 3.8) is 0 Å². The fourth-order valence-electron chi connectivity index (χ4n) is 2.34. The van der Waals surface area contributed by atoms with Gasteiger partial charge in [-0.05, 0) is 13.0 Å². The van der Waals surface area contributed by atoms with Crippen LogP contribution in [0, 0.1) is 0 Å². The van der Waals surface area contributed by atoms with Crippen molar-refractivity contribution in [1.29, 1.82) is 0 Å². The van der Waals surface area contributed by atoms with Gasteiger partial charge in [-0.3, -0.25) is 4.98 Å². The predicted molar refractivity (Wildman–Crippen MR) is 72.4 cm³/mol. The molecule has 1 saturated heterocycles. The van der Waals surface area contributed by atoms with Gasteiger partial charge in [0.25, 0.3) is 0 Å². The lowest BCUT2D eigenvalue weighted by Gasteiger charge is -2.24. The van der Waals surface area contributed by atoms with Crippen LogP contribution in [0.1, 0.15) is 18.1 Å². The second kappa shape index (κ2) is 5.45. The Kier molecular flexibility index (Phi) is 3.68. The van der Waals surface area contributed by atoms with Crippen LogP contribution < -0.4 is 0 Å². The van der Waals surface area contributed by atoms with Crippen LogP contribution >= 0.6 is 11.6 Å². The number of nitrogens with zero attached hydrogens (tertiary/aromatic N) is 3. The Morgan fingerprint density at radius 1 is 1.53 bits per heavy atom. The summed E-state index contributed by atoms with van der Waals surface area (Å²) in [6, 6.07) is 1.95. The van der Waals surface area contributed by atoms with E-state index in [9.17, 15) is 0 Å². The molecule has 0 N–H and O–H groups in total. The summed E-state index contributed by atoms with van der Waals surface area (Å²) in [7, 11) is 0. The maximum Gasteiger partial charge on any atom is 0.127 e. The van der Waals surface area contributed by atoms with Gasteiger partial charge in [0.1, 0.15) is 11.3 Å². The molecule has 0 bridgehead atoms. The number of fused-ring (bicyclic) bond motifs is 1. The predicted octanol–water partition coefficient (Wildman–Crippen LogP) is 2.15. The van der Waals surface area contributed by atoms with Crippen LogP contribution in [0.3, 0.4) is 0 Å². The van der Waals surface area contributed by atoms with Gasteiger partial charge < -0.3 is 14.0 Å². The van der Waals surface area contributed by atoms with Crippen LogP contribution in [0.5, 0.6) is 0 Å². The number of hydrogen-bond donors (Lipinski definition) is 0. The lowest BCUT2D eigenvalue weighted by molar-refractivity contribution is -0.0934. The second-order valence-electron chi connectivity index (χ2n) is 4.63. The van der Waals surface area contributed by atoms with Gasteiger partial charge in [0.05, 0.1) is 49.6 Å². The highest BCUT2D eigenvalue weighted by Crippen LogP contribution is 2.24. The van der Waals surface area contributed by atoms with Crippen LogP contribution in [0.15, 0.2) is 18.5 Å². The van der Waals surface area contributed by atoms with Crippen molar-refractivity contribution >= 4 is 22.6 Å². The number of aromatic nitrogens is 3. The minimum Gasteiger partial charge on any atom is -0.376 e. The molecule has 2 aromatic heterocycles. The van der Waals surface area contributed by atoms with E-state index in [0.29, 0.717) is 26.4 Å². The number of hydrogen-bond acceptors (Lipinski definition) is 4. The summed E-state index contributed by atoms with van der Waals surface area (Å²) >= 11 is 6.22. The molecule has 6 heteroatoms. The molecule has 2 aromatic rings. The molecular formula is C13H16ClN3O2. The minimum absolute atomic E-state index is 0.0495. The Bertz CT molecular complexity index is 564. The molecule has 3 heterocycles. The van der Waals surface area contributed by atoms with E-state index in [4.69, 9.17) is 21.1 Å². The third kappa shape index (κ3) is 2.59. The summed E-state index contributed by atoms with van der Waals surface area (Å²) < 4.78 is 13.2. The zero-order valence-electron chi connectivity index (χ0n) is 10.8. The Hall–Kier alpha value is -1.17. The van der Waals surface area contributed by atoms with E-state index in [1.54, 1.807) is 12.4 Å². The molecule has 1 fully saturated rings. The summed E-state index contributed by atoms with van der Waals surface area (Å²) in [6.45, 7) is 4.55. The van der Waals surface area contributed by atoms with Crippen molar-refractivity contribution in [2.24, 2.45) is 0 Å². The number of halogens is 1. The maximum atomic E-state index is 6.22. The average molecular weight is 282 g/mol. The quantitative estimate of drug-likeness (QED) is 0.809. The van der Waals surface area contributed by atoms with Crippen molar-refractivity contribution in [3.8, 4) is 0 Å². The number of pyridine rings is 1. The molecule has 0 aliphatic carbocycles. The van der Waals surface area contributed by atoms with Gasteiger partial charge in [0.2, 0.25) is 0 Å².